The van der Waals surface area contributed by atoms with Crippen LogP contribution < -0.4 is 11.1 Å². The summed E-state index contributed by atoms with van der Waals surface area (Å²) in [6.07, 6.45) is 3.38. The molecule has 0 amide bonds. The Bertz CT molecular complexity index is 545. The number of fused-ring (bicyclic) bond motifs is 1. The fraction of sp³-hybridized carbons (Fsp3) is 0.294. The van der Waals surface area contributed by atoms with Gasteiger partial charge in [-0.15, -0.1) is 0 Å². The van der Waals surface area contributed by atoms with Crippen LogP contribution in [-0.4, -0.2) is 6.54 Å². The van der Waals surface area contributed by atoms with Crippen molar-refractivity contribution < 1.29 is 0 Å². The van der Waals surface area contributed by atoms with Gasteiger partial charge < -0.3 is 11.1 Å². The largest absolute Gasteiger partial charge is 0.399 e. The van der Waals surface area contributed by atoms with Gasteiger partial charge in [0, 0.05) is 11.7 Å². The molecule has 0 radical (unpaired) electrons. The molecule has 0 aromatic heterocycles. The molecule has 3 rings (SSSR count). The summed E-state index contributed by atoms with van der Waals surface area (Å²) in [5.74, 6) is 0. The number of hydrogen-bond donors (Lipinski definition) is 2. The quantitative estimate of drug-likeness (QED) is 0.824. The Morgan fingerprint density at radius 1 is 1.05 bits per heavy atom. The lowest BCUT2D eigenvalue weighted by atomic mass is 9.91. The van der Waals surface area contributed by atoms with Gasteiger partial charge in [0.25, 0.3) is 0 Å². The number of nitrogens with one attached hydrogen (secondary N) is 1. The molecule has 0 spiro atoms. The van der Waals surface area contributed by atoms with Crippen LogP contribution in [-0.2, 0) is 12.8 Å². The highest BCUT2D eigenvalue weighted by molar-refractivity contribution is 5.39. The molecule has 2 heteroatoms. The van der Waals surface area contributed by atoms with E-state index in [1.54, 1.807) is 0 Å². The molecule has 3 N–H and O–H groups in total. The average molecular weight is 252 g/mol. The maximum atomic E-state index is 5.72. The van der Waals surface area contributed by atoms with Gasteiger partial charge in [-0.1, -0.05) is 36.4 Å². The van der Waals surface area contributed by atoms with Crippen LogP contribution in [0.25, 0.3) is 0 Å². The number of hydrogen-bond acceptors (Lipinski definition) is 2. The summed E-state index contributed by atoms with van der Waals surface area (Å²) in [4.78, 5) is 0. The van der Waals surface area contributed by atoms with Gasteiger partial charge in [-0.25, -0.2) is 0 Å². The number of rotatable bonds is 3. The van der Waals surface area contributed by atoms with Crippen molar-refractivity contribution in [3.8, 4) is 0 Å². The zero-order valence-corrected chi connectivity index (χ0v) is 11.1. The molecule has 0 bridgehead atoms. The molecular formula is C17H20N2. The van der Waals surface area contributed by atoms with Gasteiger partial charge in [-0.3, -0.25) is 0 Å². The summed E-state index contributed by atoms with van der Waals surface area (Å²) in [7, 11) is 0. The van der Waals surface area contributed by atoms with Crippen molar-refractivity contribution >= 4 is 5.69 Å². The second kappa shape index (κ2) is 5.45. The highest BCUT2D eigenvalue weighted by atomic mass is 14.9. The Labute approximate surface area is 114 Å². The van der Waals surface area contributed by atoms with Crippen LogP contribution >= 0.6 is 0 Å². The van der Waals surface area contributed by atoms with Crippen LogP contribution in [0.2, 0.25) is 0 Å². The van der Waals surface area contributed by atoms with Gasteiger partial charge in [0.1, 0.15) is 0 Å². The zero-order valence-electron chi connectivity index (χ0n) is 11.1. The van der Waals surface area contributed by atoms with Crippen molar-refractivity contribution in [3.05, 3.63) is 65.2 Å². The smallest absolute Gasteiger partial charge is 0.0326 e. The van der Waals surface area contributed by atoms with Crippen LogP contribution in [0.4, 0.5) is 5.69 Å². The molecule has 0 saturated heterocycles. The van der Waals surface area contributed by atoms with E-state index in [-0.39, 0.29) is 0 Å². The minimum absolute atomic E-state index is 0.488. The van der Waals surface area contributed by atoms with Gasteiger partial charge in [-0.2, -0.15) is 0 Å². The minimum Gasteiger partial charge on any atom is -0.399 e. The van der Waals surface area contributed by atoms with Crippen molar-refractivity contribution in [2.75, 3.05) is 12.3 Å². The molecule has 1 aliphatic heterocycles. The average Bonchev–Trinajstić information content (AvgIpc) is 2.47. The SMILES string of the molecule is Nc1ccc(CCC2NCCc3ccccc32)cc1. The van der Waals surface area contributed by atoms with Crippen LogP contribution in [0.3, 0.4) is 0 Å². The van der Waals surface area contributed by atoms with E-state index in [2.05, 4.69) is 41.7 Å². The Hall–Kier alpha value is -1.80. The van der Waals surface area contributed by atoms with E-state index in [4.69, 9.17) is 5.73 Å². The topological polar surface area (TPSA) is 38.0 Å². The van der Waals surface area contributed by atoms with E-state index in [0.717, 1.165) is 31.5 Å². The van der Waals surface area contributed by atoms with Crippen molar-refractivity contribution in [2.24, 2.45) is 0 Å². The minimum atomic E-state index is 0.488. The first kappa shape index (κ1) is 12.2. The monoisotopic (exact) mass is 252 g/mol. The Balaban J connectivity index is 1.69. The summed E-state index contributed by atoms with van der Waals surface area (Å²) in [5.41, 5.74) is 10.9. The fourth-order valence-electron chi connectivity index (χ4n) is 2.85. The van der Waals surface area contributed by atoms with Gasteiger partial charge in [-0.05, 0) is 54.6 Å². The molecule has 0 fully saturated rings. The first-order valence-corrected chi connectivity index (χ1v) is 6.98. The first-order valence-electron chi connectivity index (χ1n) is 6.98. The molecule has 19 heavy (non-hydrogen) atoms. The van der Waals surface area contributed by atoms with E-state index >= 15 is 0 Å². The zero-order chi connectivity index (χ0) is 13.1. The Morgan fingerprint density at radius 3 is 2.68 bits per heavy atom. The van der Waals surface area contributed by atoms with Crippen LogP contribution in [0.15, 0.2) is 48.5 Å². The molecule has 98 valence electrons. The lowest BCUT2D eigenvalue weighted by Crippen LogP contribution is -2.30. The van der Waals surface area contributed by atoms with Gasteiger partial charge in [0.15, 0.2) is 0 Å². The first-order chi connectivity index (χ1) is 9.33. The van der Waals surface area contributed by atoms with Gasteiger partial charge in [0.2, 0.25) is 0 Å². The second-order valence-corrected chi connectivity index (χ2v) is 5.24. The lowest BCUT2D eigenvalue weighted by molar-refractivity contribution is 0.476. The van der Waals surface area contributed by atoms with E-state index in [1.165, 1.54) is 16.7 Å². The summed E-state index contributed by atoms with van der Waals surface area (Å²) in [6, 6.07) is 17.5. The van der Waals surface area contributed by atoms with Gasteiger partial charge >= 0.3 is 0 Å². The van der Waals surface area contributed by atoms with Crippen LogP contribution in [0.1, 0.15) is 29.2 Å². The summed E-state index contributed by atoms with van der Waals surface area (Å²) in [5, 5.41) is 3.63. The molecule has 2 nitrogen and oxygen atoms in total. The Morgan fingerprint density at radius 2 is 1.84 bits per heavy atom. The molecule has 1 unspecified atom stereocenters. The molecule has 2 aromatic rings. The second-order valence-electron chi connectivity index (χ2n) is 5.24. The van der Waals surface area contributed by atoms with E-state index in [1.807, 2.05) is 12.1 Å². The molecule has 1 aliphatic rings. The van der Waals surface area contributed by atoms with Crippen molar-refractivity contribution in [1.82, 2.24) is 5.32 Å². The standard InChI is InChI=1S/C17H20N2/c18-15-8-5-13(6-9-15)7-10-17-16-4-2-1-3-14(16)11-12-19-17/h1-6,8-9,17,19H,7,10-12,18H2. The molecule has 2 aromatic carbocycles. The van der Waals surface area contributed by atoms with Crippen LogP contribution in [0.5, 0.6) is 0 Å². The molecule has 1 atom stereocenters. The third-order valence-corrected chi connectivity index (χ3v) is 3.92. The highest BCUT2D eigenvalue weighted by Gasteiger charge is 2.18. The van der Waals surface area contributed by atoms with E-state index < -0.39 is 0 Å². The Kier molecular flexibility index (Phi) is 3.51. The summed E-state index contributed by atoms with van der Waals surface area (Å²) in [6.45, 7) is 1.09. The predicted molar refractivity (Wildman–Crippen MR) is 80.1 cm³/mol. The molecular weight excluding hydrogens is 232 g/mol. The fourth-order valence-corrected chi connectivity index (χ4v) is 2.85. The van der Waals surface area contributed by atoms with Gasteiger partial charge in [0.05, 0.1) is 0 Å². The number of aryl methyl sites for hydroxylation is 1. The number of anilines is 1. The predicted octanol–water partition coefficient (Wildman–Crippen LogP) is 3.09. The van der Waals surface area contributed by atoms with Crippen molar-refractivity contribution in [3.63, 3.8) is 0 Å². The van der Waals surface area contributed by atoms with Crippen molar-refractivity contribution in [2.45, 2.75) is 25.3 Å². The summed E-state index contributed by atoms with van der Waals surface area (Å²) >= 11 is 0. The third kappa shape index (κ3) is 2.79. The maximum absolute atomic E-state index is 5.72. The maximum Gasteiger partial charge on any atom is 0.0326 e. The normalized spacial score (nSPS) is 18.0. The van der Waals surface area contributed by atoms with Crippen LogP contribution in [0, 0.1) is 0 Å². The number of benzene rings is 2. The molecule has 0 saturated carbocycles. The summed E-state index contributed by atoms with van der Waals surface area (Å²) < 4.78 is 0. The van der Waals surface area contributed by atoms with Crippen molar-refractivity contribution in [1.29, 1.82) is 0 Å². The molecule has 0 aliphatic carbocycles. The third-order valence-electron chi connectivity index (χ3n) is 3.92. The number of nitrogens with two attached hydrogens (primary N) is 1. The highest BCUT2D eigenvalue weighted by Crippen LogP contribution is 2.26. The lowest BCUT2D eigenvalue weighted by Gasteiger charge is -2.27. The van der Waals surface area contributed by atoms with E-state index in [9.17, 15) is 0 Å². The number of nitrogen functional groups attached to an aromatic ring is 1. The van der Waals surface area contributed by atoms with E-state index in [0.29, 0.717) is 6.04 Å². The molecule has 1 heterocycles.